The van der Waals surface area contributed by atoms with E-state index in [-0.39, 0.29) is 12.6 Å². The van der Waals surface area contributed by atoms with Crippen LogP contribution in [-0.4, -0.2) is 23.3 Å². The third kappa shape index (κ3) is 1.53. The fraction of sp³-hybridized carbons (Fsp3) is 0.286. The standard InChI is InChI=1S/C14H12BrN3O/c1-2-7-18-13(19)17-12(16)14(18)6-5-9-8-10(15)3-4-11(9)14/h1,3-4,8H,5-7H2,(H2,16,17,19). The molecular formula is C14H12BrN3O. The van der Waals surface area contributed by atoms with Gasteiger partial charge in [0.2, 0.25) is 0 Å². The number of hydrogen-bond donors (Lipinski definition) is 1. The monoisotopic (exact) mass is 317 g/mol. The first-order chi connectivity index (χ1) is 9.09. The number of nitrogens with zero attached hydrogens (tertiary/aromatic N) is 2. The summed E-state index contributed by atoms with van der Waals surface area (Å²) >= 11 is 3.46. The number of hydrogen-bond acceptors (Lipinski definition) is 2. The summed E-state index contributed by atoms with van der Waals surface area (Å²) in [5.74, 6) is 2.88. The number of carbonyl (C=O) groups is 1. The number of nitrogens with two attached hydrogens (primary N) is 1. The molecule has 1 aliphatic carbocycles. The van der Waals surface area contributed by atoms with E-state index in [0.29, 0.717) is 5.84 Å². The van der Waals surface area contributed by atoms with Gasteiger partial charge >= 0.3 is 6.03 Å². The lowest BCUT2D eigenvalue weighted by atomic mass is 9.89. The summed E-state index contributed by atoms with van der Waals surface area (Å²) in [6, 6.07) is 5.67. The van der Waals surface area contributed by atoms with Crippen molar-refractivity contribution in [1.29, 1.82) is 0 Å². The molecule has 1 aromatic rings. The number of terminal acetylenes is 1. The molecule has 0 fully saturated rings. The molecule has 1 heterocycles. The van der Waals surface area contributed by atoms with Crippen LogP contribution in [0, 0.1) is 12.3 Å². The van der Waals surface area contributed by atoms with Crippen molar-refractivity contribution in [2.75, 3.05) is 6.54 Å². The Morgan fingerprint density at radius 1 is 1.58 bits per heavy atom. The molecule has 1 unspecified atom stereocenters. The first-order valence-corrected chi connectivity index (χ1v) is 6.77. The third-order valence-corrected chi connectivity index (χ3v) is 4.34. The average molecular weight is 318 g/mol. The SMILES string of the molecule is C#CCN1C(=O)N=C(N)C12CCc1cc(Br)ccc12. The van der Waals surface area contributed by atoms with Crippen LogP contribution in [0.3, 0.4) is 0 Å². The van der Waals surface area contributed by atoms with Crippen LogP contribution < -0.4 is 5.73 Å². The molecule has 1 aliphatic heterocycles. The maximum atomic E-state index is 12.0. The highest BCUT2D eigenvalue weighted by Gasteiger charge is 2.52. The second-order valence-electron chi connectivity index (χ2n) is 4.73. The van der Waals surface area contributed by atoms with Gasteiger partial charge < -0.3 is 5.73 Å². The highest BCUT2D eigenvalue weighted by atomic mass is 79.9. The summed E-state index contributed by atoms with van der Waals surface area (Å²) in [6.07, 6.45) is 6.97. The Kier molecular flexibility index (Phi) is 2.64. The van der Waals surface area contributed by atoms with E-state index in [1.54, 1.807) is 4.90 Å². The van der Waals surface area contributed by atoms with Gasteiger partial charge in [-0.05, 0) is 36.1 Å². The van der Waals surface area contributed by atoms with Gasteiger partial charge in [0.1, 0.15) is 11.4 Å². The minimum atomic E-state index is -0.639. The molecule has 0 saturated carbocycles. The van der Waals surface area contributed by atoms with Crippen molar-refractivity contribution >= 4 is 27.8 Å². The Hall–Kier alpha value is -1.80. The molecule has 1 atom stereocenters. The van der Waals surface area contributed by atoms with Crippen molar-refractivity contribution in [3.8, 4) is 12.3 Å². The van der Waals surface area contributed by atoms with Crippen LogP contribution in [0.2, 0.25) is 0 Å². The highest BCUT2D eigenvalue weighted by Crippen LogP contribution is 2.45. The van der Waals surface area contributed by atoms with Crippen LogP contribution in [0.25, 0.3) is 0 Å². The zero-order chi connectivity index (χ0) is 13.6. The van der Waals surface area contributed by atoms with E-state index >= 15 is 0 Å². The zero-order valence-electron chi connectivity index (χ0n) is 10.2. The summed E-state index contributed by atoms with van der Waals surface area (Å²) in [6.45, 7) is 0.221. The number of aryl methyl sites for hydroxylation is 1. The number of carbonyl (C=O) groups excluding carboxylic acids is 1. The molecule has 0 saturated heterocycles. The molecule has 1 aromatic carbocycles. The topological polar surface area (TPSA) is 58.7 Å². The van der Waals surface area contributed by atoms with E-state index in [9.17, 15) is 4.79 Å². The molecule has 2 aliphatic rings. The van der Waals surface area contributed by atoms with Crippen LogP contribution in [0.1, 0.15) is 17.5 Å². The number of rotatable bonds is 1. The summed E-state index contributed by atoms with van der Waals surface area (Å²) in [4.78, 5) is 17.5. The Morgan fingerprint density at radius 3 is 3.11 bits per heavy atom. The summed E-state index contributed by atoms with van der Waals surface area (Å²) in [5, 5.41) is 0. The van der Waals surface area contributed by atoms with Gasteiger partial charge in [-0.15, -0.1) is 6.42 Å². The maximum Gasteiger partial charge on any atom is 0.347 e. The van der Waals surface area contributed by atoms with Crippen molar-refractivity contribution in [3.63, 3.8) is 0 Å². The molecule has 0 bridgehead atoms. The summed E-state index contributed by atoms with van der Waals surface area (Å²) in [5.41, 5.74) is 7.63. The van der Waals surface area contributed by atoms with Crippen molar-refractivity contribution in [1.82, 2.24) is 4.90 Å². The van der Waals surface area contributed by atoms with E-state index in [2.05, 4.69) is 32.9 Å². The van der Waals surface area contributed by atoms with Crippen LogP contribution in [-0.2, 0) is 12.0 Å². The van der Waals surface area contributed by atoms with Crippen LogP contribution >= 0.6 is 15.9 Å². The van der Waals surface area contributed by atoms with Gasteiger partial charge in [0.15, 0.2) is 0 Å². The van der Waals surface area contributed by atoms with Gasteiger partial charge in [-0.2, -0.15) is 4.99 Å². The predicted octanol–water partition coefficient (Wildman–Crippen LogP) is 2.02. The lowest BCUT2D eigenvalue weighted by molar-refractivity contribution is 0.182. The van der Waals surface area contributed by atoms with Crippen molar-refractivity contribution < 1.29 is 4.79 Å². The quantitative estimate of drug-likeness (QED) is 0.805. The van der Waals surface area contributed by atoms with Gasteiger partial charge in [0.05, 0.1) is 6.54 Å². The van der Waals surface area contributed by atoms with Gasteiger partial charge in [-0.3, -0.25) is 4.90 Å². The van der Waals surface area contributed by atoms with Gasteiger partial charge in [0, 0.05) is 4.47 Å². The number of aliphatic imine (C=N–C) groups is 1. The number of halogens is 1. The predicted molar refractivity (Wildman–Crippen MR) is 76.7 cm³/mol. The summed E-state index contributed by atoms with van der Waals surface area (Å²) < 4.78 is 1.02. The Bertz CT molecular complexity index is 647. The van der Waals surface area contributed by atoms with Crippen LogP contribution in [0.5, 0.6) is 0 Å². The Morgan fingerprint density at radius 2 is 2.37 bits per heavy atom. The summed E-state index contributed by atoms with van der Waals surface area (Å²) in [7, 11) is 0. The molecule has 2 N–H and O–H groups in total. The fourth-order valence-corrected chi connectivity index (χ4v) is 3.43. The first kappa shape index (κ1) is 12.2. The van der Waals surface area contributed by atoms with E-state index in [1.807, 2.05) is 12.1 Å². The normalized spacial score (nSPS) is 24.5. The Balaban J connectivity index is 2.18. The average Bonchev–Trinajstić information content (AvgIpc) is 2.85. The minimum absolute atomic E-state index is 0.221. The Labute approximate surface area is 119 Å². The number of urea groups is 1. The molecular weight excluding hydrogens is 306 g/mol. The molecule has 0 aromatic heterocycles. The van der Waals surface area contributed by atoms with Crippen molar-refractivity contribution in [2.45, 2.75) is 18.4 Å². The third-order valence-electron chi connectivity index (χ3n) is 3.85. The molecule has 96 valence electrons. The van der Waals surface area contributed by atoms with Crippen molar-refractivity contribution in [3.05, 3.63) is 33.8 Å². The molecule has 1 spiro atoms. The minimum Gasteiger partial charge on any atom is -0.385 e. The lowest BCUT2D eigenvalue weighted by Gasteiger charge is -2.34. The smallest absolute Gasteiger partial charge is 0.347 e. The second kappa shape index (κ2) is 4.10. The molecule has 4 nitrogen and oxygen atoms in total. The van der Waals surface area contributed by atoms with E-state index in [0.717, 1.165) is 22.9 Å². The van der Waals surface area contributed by atoms with E-state index in [4.69, 9.17) is 12.2 Å². The van der Waals surface area contributed by atoms with Crippen LogP contribution in [0.15, 0.2) is 27.7 Å². The zero-order valence-corrected chi connectivity index (χ0v) is 11.8. The molecule has 5 heteroatoms. The molecule has 19 heavy (non-hydrogen) atoms. The van der Waals surface area contributed by atoms with E-state index < -0.39 is 5.54 Å². The van der Waals surface area contributed by atoms with E-state index in [1.165, 1.54) is 5.56 Å². The lowest BCUT2D eigenvalue weighted by Crippen LogP contribution is -2.50. The number of benzene rings is 1. The fourth-order valence-electron chi connectivity index (χ4n) is 3.02. The van der Waals surface area contributed by atoms with Crippen LogP contribution in [0.4, 0.5) is 4.79 Å². The van der Waals surface area contributed by atoms with Gasteiger partial charge in [0.25, 0.3) is 0 Å². The largest absolute Gasteiger partial charge is 0.385 e. The molecule has 3 rings (SSSR count). The number of fused-ring (bicyclic) bond motifs is 2. The van der Waals surface area contributed by atoms with Gasteiger partial charge in [-0.1, -0.05) is 27.9 Å². The van der Waals surface area contributed by atoms with Crippen molar-refractivity contribution in [2.24, 2.45) is 10.7 Å². The maximum absolute atomic E-state index is 12.0. The molecule has 0 radical (unpaired) electrons. The highest BCUT2D eigenvalue weighted by molar-refractivity contribution is 9.10. The first-order valence-electron chi connectivity index (χ1n) is 5.98. The molecule has 2 amide bonds. The number of amides is 2. The van der Waals surface area contributed by atoms with Gasteiger partial charge in [-0.25, -0.2) is 4.79 Å². The number of amidine groups is 1. The second-order valence-corrected chi connectivity index (χ2v) is 5.65.